The lowest BCUT2D eigenvalue weighted by Crippen LogP contribution is -2.30. The molecule has 0 bridgehead atoms. The molecule has 13 heavy (non-hydrogen) atoms. The molecule has 1 aliphatic rings. The predicted octanol–water partition coefficient (Wildman–Crippen LogP) is -0.813. The van der Waals surface area contributed by atoms with Gasteiger partial charge < -0.3 is 15.7 Å². The van der Waals surface area contributed by atoms with E-state index in [1.54, 1.807) is 0 Å². The number of carbonyl (C=O) groups excluding carboxylic acids is 1. The average molecular weight is 186 g/mol. The molecule has 0 saturated carbocycles. The second-order valence-electron chi connectivity index (χ2n) is 3.23. The maximum absolute atomic E-state index is 11.1. The van der Waals surface area contributed by atoms with Gasteiger partial charge in [-0.25, -0.2) is 0 Å². The van der Waals surface area contributed by atoms with Crippen LogP contribution < -0.4 is 10.6 Å². The standard InChI is InChI=1S/C8H14N2O3/c11-7(10-5-8(12)13)3-6-1-2-9-4-6/h6,9H,1-5H2,(H,10,11)(H,12,13). The zero-order valence-corrected chi connectivity index (χ0v) is 7.38. The molecule has 74 valence electrons. The smallest absolute Gasteiger partial charge is 0.322 e. The summed E-state index contributed by atoms with van der Waals surface area (Å²) < 4.78 is 0. The Bertz CT molecular complexity index is 200. The normalized spacial score (nSPS) is 21.4. The van der Waals surface area contributed by atoms with Crippen molar-refractivity contribution in [3.8, 4) is 0 Å². The molecule has 1 atom stereocenters. The fourth-order valence-corrected chi connectivity index (χ4v) is 1.40. The fraction of sp³-hybridized carbons (Fsp3) is 0.750. The largest absolute Gasteiger partial charge is 0.480 e. The summed E-state index contributed by atoms with van der Waals surface area (Å²) in [5.41, 5.74) is 0. The molecule has 1 rings (SSSR count). The Morgan fingerprint density at radius 3 is 2.85 bits per heavy atom. The number of carboxylic acids is 1. The number of amides is 1. The number of hydrogen-bond acceptors (Lipinski definition) is 3. The predicted molar refractivity (Wildman–Crippen MR) is 46.2 cm³/mol. The van der Waals surface area contributed by atoms with Crippen molar-refractivity contribution in [2.24, 2.45) is 5.92 Å². The summed E-state index contributed by atoms with van der Waals surface area (Å²) in [6.45, 7) is 1.54. The van der Waals surface area contributed by atoms with E-state index in [2.05, 4.69) is 10.6 Å². The fourth-order valence-electron chi connectivity index (χ4n) is 1.40. The third-order valence-corrected chi connectivity index (χ3v) is 2.07. The number of carbonyl (C=O) groups is 2. The Labute approximate surface area is 76.5 Å². The quantitative estimate of drug-likeness (QED) is 0.536. The van der Waals surface area contributed by atoms with Crippen LogP contribution in [0.25, 0.3) is 0 Å². The van der Waals surface area contributed by atoms with E-state index in [1.807, 2.05) is 0 Å². The van der Waals surface area contributed by atoms with Crippen molar-refractivity contribution < 1.29 is 14.7 Å². The number of aliphatic carboxylic acids is 1. The highest BCUT2D eigenvalue weighted by Crippen LogP contribution is 2.11. The van der Waals surface area contributed by atoms with Crippen LogP contribution in [0.15, 0.2) is 0 Å². The van der Waals surface area contributed by atoms with Crippen LogP contribution in [0.1, 0.15) is 12.8 Å². The molecule has 3 N–H and O–H groups in total. The van der Waals surface area contributed by atoms with Crippen molar-refractivity contribution in [2.75, 3.05) is 19.6 Å². The van der Waals surface area contributed by atoms with Gasteiger partial charge in [0.15, 0.2) is 0 Å². The number of carboxylic acid groups (broad SMARTS) is 1. The first kappa shape index (κ1) is 9.98. The topological polar surface area (TPSA) is 78.4 Å². The monoisotopic (exact) mass is 186 g/mol. The average Bonchev–Trinajstić information content (AvgIpc) is 2.53. The maximum Gasteiger partial charge on any atom is 0.322 e. The molecule has 1 unspecified atom stereocenters. The SMILES string of the molecule is O=C(O)CNC(=O)CC1CCNC1. The zero-order chi connectivity index (χ0) is 9.68. The van der Waals surface area contributed by atoms with Crippen molar-refractivity contribution in [3.63, 3.8) is 0 Å². The highest BCUT2D eigenvalue weighted by atomic mass is 16.4. The van der Waals surface area contributed by atoms with Crippen molar-refractivity contribution in [1.82, 2.24) is 10.6 Å². The molecule has 1 heterocycles. The van der Waals surface area contributed by atoms with Gasteiger partial charge in [0.05, 0.1) is 0 Å². The van der Waals surface area contributed by atoms with Crippen molar-refractivity contribution in [2.45, 2.75) is 12.8 Å². The Kier molecular flexibility index (Phi) is 3.70. The molecular weight excluding hydrogens is 172 g/mol. The Morgan fingerprint density at radius 2 is 2.31 bits per heavy atom. The molecule has 0 aliphatic carbocycles. The van der Waals surface area contributed by atoms with Crippen LogP contribution in [0.2, 0.25) is 0 Å². The van der Waals surface area contributed by atoms with E-state index in [9.17, 15) is 9.59 Å². The minimum Gasteiger partial charge on any atom is -0.480 e. The van der Waals surface area contributed by atoms with Gasteiger partial charge in [0.1, 0.15) is 6.54 Å². The van der Waals surface area contributed by atoms with Crippen LogP contribution in [0.4, 0.5) is 0 Å². The van der Waals surface area contributed by atoms with Crippen LogP contribution in [-0.4, -0.2) is 36.6 Å². The number of nitrogens with one attached hydrogen (secondary N) is 2. The van der Waals surface area contributed by atoms with E-state index in [0.717, 1.165) is 19.5 Å². The molecule has 0 aromatic carbocycles. The number of hydrogen-bond donors (Lipinski definition) is 3. The third-order valence-electron chi connectivity index (χ3n) is 2.07. The zero-order valence-electron chi connectivity index (χ0n) is 7.38. The molecule has 1 fully saturated rings. The molecule has 1 amide bonds. The van der Waals surface area contributed by atoms with Crippen molar-refractivity contribution in [1.29, 1.82) is 0 Å². The first-order valence-corrected chi connectivity index (χ1v) is 4.37. The summed E-state index contributed by atoms with van der Waals surface area (Å²) in [5.74, 6) is -0.803. The Balaban J connectivity index is 2.13. The first-order chi connectivity index (χ1) is 6.18. The van der Waals surface area contributed by atoms with Gasteiger partial charge in [-0.15, -0.1) is 0 Å². The summed E-state index contributed by atoms with van der Waals surface area (Å²) in [6, 6.07) is 0. The minimum atomic E-state index is -1.00. The van der Waals surface area contributed by atoms with Crippen LogP contribution in [-0.2, 0) is 9.59 Å². The van der Waals surface area contributed by atoms with E-state index >= 15 is 0 Å². The Morgan fingerprint density at radius 1 is 1.54 bits per heavy atom. The van der Waals surface area contributed by atoms with Gasteiger partial charge in [-0.1, -0.05) is 0 Å². The molecular formula is C8H14N2O3. The van der Waals surface area contributed by atoms with Crippen LogP contribution in [0.3, 0.4) is 0 Å². The highest BCUT2D eigenvalue weighted by molar-refractivity contribution is 5.81. The minimum absolute atomic E-state index is 0.170. The van der Waals surface area contributed by atoms with Gasteiger partial charge in [-0.05, 0) is 25.4 Å². The van der Waals surface area contributed by atoms with Gasteiger partial charge in [0, 0.05) is 6.42 Å². The highest BCUT2D eigenvalue weighted by Gasteiger charge is 2.17. The second-order valence-corrected chi connectivity index (χ2v) is 3.23. The molecule has 1 aliphatic heterocycles. The third kappa shape index (κ3) is 3.89. The van der Waals surface area contributed by atoms with E-state index in [1.165, 1.54) is 0 Å². The molecule has 0 spiro atoms. The van der Waals surface area contributed by atoms with Gasteiger partial charge in [-0.3, -0.25) is 9.59 Å². The van der Waals surface area contributed by atoms with Crippen molar-refractivity contribution in [3.05, 3.63) is 0 Å². The van der Waals surface area contributed by atoms with Gasteiger partial charge in [-0.2, -0.15) is 0 Å². The van der Waals surface area contributed by atoms with Gasteiger partial charge >= 0.3 is 5.97 Å². The van der Waals surface area contributed by atoms with E-state index in [-0.39, 0.29) is 12.5 Å². The molecule has 0 aromatic rings. The summed E-state index contributed by atoms with van der Waals surface area (Å²) in [5, 5.41) is 13.8. The number of rotatable bonds is 4. The van der Waals surface area contributed by atoms with Crippen molar-refractivity contribution >= 4 is 11.9 Å². The molecule has 5 nitrogen and oxygen atoms in total. The maximum atomic E-state index is 11.1. The Hall–Kier alpha value is -1.10. The lowest BCUT2D eigenvalue weighted by Gasteiger charge is -2.06. The van der Waals surface area contributed by atoms with E-state index < -0.39 is 5.97 Å². The van der Waals surface area contributed by atoms with E-state index in [4.69, 9.17) is 5.11 Å². The molecule has 0 radical (unpaired) electrons. The molecule has 1 saturated heterocycles. The first-order valence-electron chi connectivity index (χ1n) is 4.37. The summed E-state index contributed by atoms with van der Waals surface area (Å²) >= 11 is 0. The van der Waals surface area contributed by atoms with Gasteiger partial charge in [0.2, 0.25) is 5.91 Å². The van der Waals surface area contributed by atoms with Crippen LogP contribution in [0, 0.1) is 5.92 Å². The summed E-state index contributed by atoms with van der Waals surface area (Å²) in [7, 11) is 0. The van der Waals surface area contributed by atoms with Crippen LogP contribution >= 0.6 is 0 Å². The van der Waals surface area contributed by atoms with Gasteiger partial charge in [0.25, 0.3) is 0 Å². The van der Waals surface area contributed by atoms with E-state index in [0.29, 0.717) is 12.3 Å². The lowest BCUT2D eigenvalue weighted by atomic mass is 10.0. The molecule has 5 heteroatoms. The molecule has 0 aromatic heterocycles. The lowest BCUT2D eigenvalue weighted by molar-refractivity contribution is -0.138. The second kappa shape index (κ2) is 4.81. The van der Waals surface area contributed by atoms with Crippen LogP contribution in [0.5, 0.6) is 0 Å². The summed E-state index contributed by atoms with van der Waals surface area (Å²) in [6.07, 6.45) is 1.43. The summed E-state index contributed by atoms with van der Waals surface area (Å²) in [4.78, 5) is 21.2.